The van der Waals surface area contributed by atoms with Gasteiger partial charge in [0.15, 0.2) is 0 Å². The smallest absolute Gasteiger partial charge is 1.00 e. The van der Waals surface area contributed by atoms with Crippen LogP contribution in [-0.2, 0) is 4.46 Å². The molecule has 18 valence electrons. The summed E-state index contributed by atoms with van der Waals surface area (Å²) in [6, 6.07) is 0. The van der Waals surface area contributed by atoms with Gasteiger partial charge in [-0.1, -0.05) is 0 Å². The third-order valence-electron chi connectivity index (χ3n) is 0. The van der Waals surface area contributed by atoms with Gasteiger partial charge in [0.05, 0.1) is 0 Å². The topological polar surface area (TPSA) is 17.1 Å². The normalized spacial score (nSPS) is 1.00. The van der Waals surface area contributed by atoms with Crippen LogP contribution in [0, 0.1) is 0 Å². The molecule has 1 nitrogen and oxygen atoms in total. The zero-order chi connectivity index (χ0) is 2.00. The summed E-state index contributed by atoms with van der Waals surface area (Å²) < 4.78 is 8.06. The fraction of sp³-hybridized carbons (Fsp3) is 0. The Morgan fingerprint density at radius 1 is 1.50 bits per heavy atom. The summed E-state index contributed by atoms with van der Waals surface area (Å²) in [5.41, 5.74) is 0. The van der Waals surface area contributed by atoms with Crippen LogP contribution in [-0.4, -0.2) is 104 Å². The van der Waals surface area contributed by atoms with Gasteiger partial charge >= 0.3 is 104 Å². The minimum atomic E-state index is 0. The maximum Gasteiger partial charge on any atom is 2.00 e. The van der Waals surface area contributed by atoms with Gasteiger partial charge in [0.25, 0.3) is 0 Å². The summed E-state index contributed by atoms with van der Waals surface area (Å²) in [7, 11) is 1.72. The zero-order valence-electron chi connectivity index (χ0n) is 6.32. The molecule has 0 N–H and O–H groups in total. The summed E-state index contributed by atoms with van der Waals surface area (Å²) >= 11 is 0. The van der Waals surface area contributed by atoms with Crippen LogP contribution in [0.2, 0.25) is 0 Å². The number of rotatable bonds is 0. The Kier molecular flexibility index (Phi) is 65.1. The Morgan fingerprint density at radius 3 is 1.50 bits per heavy atom. The Bertz CT molecular complexity index is 16.0. The van der Waals surface area contributed by atoms with Gasteiger partial charge in [0, 0.05) is 0 Å². The average molecular weight is 273 g/mol. The first kappa shape index (κ1) is 15.7. The summed E-state index contributed by atoms with van der Waals surface area (Å²) in [4.78, 5) is 0. The average Bonchev–Trinajstić information content (AvgIpc) is 1.00. The van der Waals surface area contributed by atoms with E-state index in [4.69, 9.17) is 4.46 Å². The van der Waals surface area contributed by atoms with E-state index in [2.05, 4.69) is 0 Å². The van der Waals surface area contributed by atoms with Gasteiger partial charge in [-0.3, -0.25) is 0 Å². The van der Waals surface area contributed by atoms with E-state index in [0.29, 0.717) is 0 Å². The predicted molar refractivity (Wildman–Crippen MR) is 22.4 cm³/mol. The molecule has 0 heterocycles. The summed E-state index contributed by atoms with van der Waals surface area (Å²) in [5, 5.41) is 0. The molecule has 0 amide bonds. The second-order valence-corrected chi connectivity index (χ2v) is 0. The molecule has 0 fully saturated rings. The molecule has 0 saturated carbocycles. The largest absolute Gasteiger partial charge is 2.00 e. The Balaban J connectivity index is -0.000000000333. The van der Waals surface area contributed by atoms with E-state index >= 15 is 0 Å². The second-order valence-electron chi connectivity index (χ2n) is 0. The number of hydrogen-bond donors (Lipinski definition) is 0. The molecule has 0 aromatic heterocycles. The fourth-order valence-electron chi connectivity index (χ4n) is 0. The minimum Gasteiger partial charge on any atom is -1.00 e. The van der Waals surface area contributed by atoms with E-state index in [1.54, 1.807) is 10.1 Å². The molecule has 0 spiro atoms. The van der Waals surface area contributed by atoms with E-state index < -0.39 is 0 Å². The molecular weight excluding hydrogens is 269 g/mol. The van der Waals surface area contributed by atoms with Gasteiger partial charge in [0.2, 0.25) is 0 Å². The van der Waals surface area contributed by atoms with Crippen LogP contribution in [0.15, 0.2) is 0 Å². The molecule has 0 saturated heterocycles. The molecule has 0 aromatic rings. The van der Waals surface area contributed by atoms with E-state index in [1.807, 2.05) is 0 Å². The van der Waals surface area contributed by atoms with Crippen molar-refractivity contribution in [3.05, 3.63) is 0 Å². The van der Waals surface area contributed by atoms with Crippen LogP contribution in [0.5, 0.6) is 0 Å². The van der Waals surface area contributed by atoms with Crippen LogP contribution in [0.25, 0.3) is 0 Å². The van der Waals surface area contributed by atoms with Gasteiger partial charge in [-0.05, 0) is 0 Å². The molecule has 0 bridgehead atoms. The monoisotopic (exact) mass is 274 g/mol. The third kappa shape index (κ3) is 8.91. The van der Waals surface area contributed by atoms with Crippen molar-refractivity contribution in [3.8, 4) is 0 Å². The molecular formula is H4BaOSiSr. The molecule has 0 rings (SSSR count). The Labute approximate surface area is 112 Å². The standard InChI is InChI=1S/Ba.OSi.Sr.4H/c;1-2;;;;;/q+2;;+2;4*-1. The first-order chi connectivity index (χ1) is 1.00. The van der Waals surface area contributed by atoms with E-state index in [1.165, 1.54) is 0 Å². The first-order valence-corrected chi connectivity index (χ1v) is 0.612. The van der Waals surface area contributed by atoms with Crippen molar-refractivity contribution in [1.29, 1.82) is 0 Å². The summed E-state index contributed by atoms with van der Waals surface area (Å²) in [6.07, 6.45) is 0. The van der Waals surface area contributed by atoms with Crippen LogP contribution < -0.4 is 0 Å². The van der Waals surface area contributed by atoms with Crippen LogP contribution in [0.3, 0.4) is 0 Å². The Morgan fingerprint density at radius 2 is 1.50 bits per heavy atom. The van der Waals surface area contributed by atoms with Crippen molar-refractivity contribution in [2.75, 3.05) is 0 Å². The van der Waals surface area contributed by atoms with E-state index in [-0.39, 0.29) is 100 Å². The van der Waals surface area contributed by atoms with Gasteiger partial charge in [-0.25, -0.2) is 0 Å². The molecule has 4 heavy (non-hydrogen) atoms. The van der Waals surface area contributed by atoms with Crippen molar-refractivity contribution in [1.82, 2.24) is 0 Å². The van der Waals surface area contributed by atoms with Crippen molar-refractivity contribution >= 4 is 104 Å². The van der Waals surface area contributed by atoms with E-state index in [0.717, 1.165) is 0 Å². The van der Waals surface area contributed by atoms with Gasteiger partial charge < -0.3 is 10.2 Å². The molecule has 0 aliphatic heterocycles. The van der Waals surface area contributed by atoms with E-state index in [9.17, 15) is 0 Å². The number of hydrogen-bond acceptors (Lipinski definition) is 1. The van der Waals surface area contributed by atoms with Crippen LogP contribution in [0.4, 0.5) is 0 Å². The molecule has 0 aliphatic carbocycles. The molecule has 0 aliphatic rings. The molecule has 0 atom stereocenters. The van der Waals surface area contributed by atoms with Crippen molar-refractivity contribution in [2.24, 2.45) is 0 Å². The molecule has 0 unspecified atom stereocenters. The molecule has 0 aromatic carbocycles. The Hall–Kier alpha value is 3.07. The van der Waals surface area contributed by atoms with Gasteiger partial charge in [-0.15, -0.1) is 0 Å². The maximum absolute atomic E-state index is 8.06. The third-order valence-corrected chi connectivity index (χ3v) is 0. The maximum atomic E-state index is 8.06. The van der Waals surface area contributed by atoms with Crippen molar-refractivity contribution in [3.63, 3.8) is 0 Å². The van der Waals surface area contributed by atoms with Crippen LogP contribution in [0.1, 0.15) is 5.71 Å². The van der Waals surface area contributed by atoms with Crippen molar-refractivity contribution in [2.45, 2.75) is 0 Å². The first-order valence-electron chi connectivity index (χ1n) is 0.204. The van der Waals surface area contributed by atoms with Crippen LogP contribution >= 0.6 is 0 Å². The SMILES string of the molecule is O=[Si].[Ba+2].[H-].[H-].[H-].[H-].[Sr+2]. The van der Waals surface area contributed by atoms with Gasteiger partial charge in [0.1, 0.15) is 0 Å². The second kappa shape index (κ2) is 16.6. The molecule has 4 heteroatoms. The van der Waals surface area contributed by atoms with Crippen molar-refractivity contribution < 1.29 is 10.2 Å². The quantitative estimate of drug-likeness (QED) is 0.528. The zero-order valence-corrected chi connectivity index (χ0v) is 11.2. The minimum absolute atomic E-state index is 0. The summed E-state index contributed by atoms with van der Waals surface area (Å²) in [5.74, 6) is 0. The fourth-order valence-corrected chi connectivity index (χ4v) is 0. The molecule has 2 radical (unpaired) electrons. The predicted octanol–water partition coefficient (Wildman–Crippen LogP) is -0.811. The summed E-state index contributed by atoms with van der Waals surface area (Å²) in [6.45, 7) is 0. The van der Waals surface area contributed by atoms with Gasteiger partial charge in [-0.2, -0.15) is 0 Å².